The summed E-state index contributed by atoms with van der Waals surface area (Å²) in [5.74, 6) is 1.06. The second-order valence-electron chi connectivity index (χ2n) is 4.50. The Kier molecular flexibility index (Phi) is 2.87. The second-order valence-corrected chi connectivity index (χ2v) is 4.50. The van der Waals surface area contributed by atoms with Crippen LogP contribution in [0.25, 0.3) is 0 Å². The Hall–Kier alpha value is -2.43. The van der Waals surface area contributed by atoms with E-state index >= 15 is 0 Å². The van der Waals surface area contributed by atoms with Gasteiger partial charge in [0.25, 0.3) is 5.91 Å². The first-order valence-electron chi connectivity index (χ1n) is 6.06. The van der Waals surface area contributed by atoms with Crippen molar-refractivity contribution < 1.29 is 14.3 Å². The Bertz CT molecular complexity index is 590. The molecule has 0 radical (unpaired) electrons. The van der Waals surface area contributed by atoms with Gasteiger partial charge < -0.3 is 9.47 Å². The maximum Gasteiger partial charge on any atom is 0.269 e. The van der Waals surface area contributed by atoms with E-state index in [2.05, 4.69) is 10.9 Å². The zero-order chi connectivity index (χ0) is 13.2. The van der Waals surface area contributed by atoms with Gasteiger partial charge in [-0.25, -0.2) is 0 Å². The minimum atomic E-state index is -0.211. The standard InChI is InChI=1S/C14H14N2O3/c1-9-2-4-11(6-9)15-16-14(17)10-3-5-12-13(7-10)19-8-18-12/h3-7,15H,2,8H2,1H3,(H,16,17). The second kappa shape index (κ2) is 4.68. The van der Waals surface area contributed by atoms with Crippen LogP contribution in [0.4, 0.5) is 0 Å². The minimum Gasteiger partial charge on any atom is -0.454 e. The topological polar surface area (TPSA) is 59.6 Å². The fourth-order valence-corrected chi connectivity index (χ4v) is 1.98. The summed E-state index contributed by atoms with van der Waals surface area (Å²) >= 11 is 0. The highest BCUT2D eigenvalue weighted by atomic mass is 16.7. The van der Waals surface area contributed by atoms with Gasteiger partial charge in [-0.3, -0.25) is 15.6 Å². The summed E-state index contributed by atoms with van der Waals surface area (Å²) in [4.78, 5) is 12.0. The lowest BCUT2D eigenvalue weighted by molar-refractivity contribution is 0.0939. The van der Waals surface area contributed by atoms with Gasteiger partial charge in [0.05, 0.1) is 5.70 Å². The highest BCUT2D eigenvalue weighted by Crippen LogP contribution is 2.32. The molecule has 0 saturated heterocycles. The molecule has 0 aromatic heterocycles. The number of allylic oxidation sites excluding steroid dienone is 3. The number of carbonyl (C=O) groups is 1. The van der Waals surface area contributed by atoms with Crippen LogP contribution in [-0.4, -0.2) is 12.7 Å². The lowest BCUT2D eigenvalue weighted by Gasteiger charge is -2.08. The number of ether oxygens (including phenoxy) is 2. The van der Waals surface area contributed by atoms with E-state index in [0.29, 0.717) is 17.1 Å². The number of rotatable bonds is 3. The first-order chi connectivity index (χ1) is 9.22. The van der Waals surface area contributed by atoms with Gasteiger partial charge in [0.1, 0.15) is 0 Å². The van der Waals surface area contributed by atoms with E-state index in [0.717, 1.165) is 12.1 Å². The molecule has 0 spiro atoms. The highest BCUT2D eigenvalue weighted by molar-refractivity contribution is 5.94. The smallest absolute Gasteiger partial charge is 0.269 e. The summed E-state index contributed by atoms with van der Waals surface area (Å²) in [6.45, 7) is 2.25. The van der Waals surface area contributed by atoms with E-state index in [1.165, 1.54) is 5.57 Å². The van der Waals surface area contributed by atoms with Crippen molar-refractivity contribution in [3.05, 3.63) is 47.2 Å². The molecule has 0 atom stereocenters. The van der Waals surface area contributed by atoms with Gasteiger partial charge in [0.2, 0.25) is 6.79 Å². The molecule has 0 saturated carbocycles. The highest BCUT2D eigenvalue weighted by Gasteiger charge is 2.16. The molecule has 19 heavy (non-hydrogen) atoms. The fourth-order valence-electron chi connectivity index (χ4n) is 1.98. The Morgan fingerprint density at radius 3 is 2.89 bits per heavy atom. The lowest BCUT2D eigenvalue weighted by atomic mass is 10.2. The van der Waals surface area contributed by atoms with Crippen LogP contribution in [0.15, 0.2) is 41.6 Å². The van der Waals surface area contributed by atoms with Crippen molar-refractivity contribution in [3.8, 4) is 11.5 Å². The van der Waals surface area contributed by atoms with Gasteiger partial charge in [-0.05, 0) is 37.6 Å². The number of amides is 1. The third-order valence-corrected chi connectivity index (χ3v) is 3.00. The van der Waals surface area contributed by atoms with Crippen LogP contribution in [0, 0.1) is 0 Å². The van der Waals surface area contributed by atoms with Crippen LogP contribution in [0.5, 0.6) is 11.5 Å². The van der Waals surface area contributed by atoms with Crippen LogP contribution in [0.3, 0.4) is 0 Å². The van der Waals surface area contributed by atoms with Gasteiger partial charge in [-0.1, -0.05) is 11.6 Å². The Labute approximate surface area is 110 Å². The molecule has 2 N–H and O–H groups in total. The average molecular weight is 258 g/mol. The molecular formula is C14H14N2O3. The summed E-state index contributed by atoms with van der Waals surface area (Å²) in [5, 5.41) is 0. The maximum absolute atomic E-state index is 12.0. The molecule has 0 fully saturated rings. The van der Waals surface area contributed by atoms with Gasteiger partial charge in [-0.15, -0.1) is 0 Å². The predicted molar refractivity (Wildman–Crippen MR) is 69.6 cm³/mol. The predicted octanol–water partition coefficient (Wildman–Crippen LogP) is 1.88. The number of carbonyl (C=O) groups excluding carboxylic acids is 1. The third kappa shape index (κ3) is 2.40. The lowest BCUT2D eigenvalue weighted by Crippen LogP contribution is -2.36. The Balaban J connectivity index is 1.64. The number of hydrogen-bond acceptors (Lipinski definition) is 4. The van der Waals surface area contributed by atoms with E-state index in [9.17, 15) is 4.79 Å². The molecule has 1 aliphatic carbocycles. The minimum absolute atomic E-state index is 0.204. The number of hydrogen-bond donors (Lipinski definition) is 2. The summed E-state index contributed by atoms with van der Waals surface area (Å²) < 4.78 is 10.4. The van der Waals surface area contributed by atoms with E-state index in [4.69, 9.17) is 9.47 Å². The van der Waals surface area contributed by atoms with Gasteiger partial charge in [-0.2, -0.15) is 0 Å². The number of nitrogens with one attached hydrogen (secondary N) is 2. The van der Waals surface area contributed by atoms with Gasteiger partial charge >= 0.3 is 0 Å². The average Bonchev–Trinajstić information content (AvgIpc) is 3.03. The molecule has 1 aromatic rings. The van der Waals surface area contributed by atoms with Crippen molar-refractivity contribution in [2.45, 2.75) is 13.3 Å². The number of benzene rings is 1. The van der Waals surface area contributed by atoms with Crippen LogP contribution in [-0.2, 0) is 0 Å². The number of hydrazine groups is 1. The molecular weight excluding hydrogens is 244 g/mol. The van der Waals surface area contributed by atoms with E-state index < -0.39 is 0 Å². The Morgan fingerprint density at radius 2 is 2.11 bits per heavy atom. The third-order valence-electron chi connectivity index (χ3n) is 3.00. The molecule has 2 aliphatic rings. The summed E-state index contributed by atoms with van der Waals surface area (Å²) in [6.07, 6.45) is 4.94. The Morgan fingerprint density at radius 1 is 1.26 bits per heavy atom. The van der Waals surface area contributed by atoms with Crippen molar-refractivity contribution in [2.75, 3.05) is 6.79 Å². The molecule has 1 aliphatic heterocycles. The molecule has 3 rings (SSSR count). The van der Waals surface area contributed by atoms with Crippen molar-refractivity contribution in [2.24, 2.45) is 0 Å². The monoisotopic (exact) mass is 258 g/mol. The quantitative estimate of drug-likeness (QED) is 0.813. The summed E-state index contributed by atoms with van der Waals surface area (Å²) in [7, 11) is 0. The van der Waals surface area contributed by atoms with Crippen molar-refractivity contribution in [1.82, 2.24) is 10.9 Å². The molecule has 98 valence electrons. The number of fused-ring (bicyclic) bond motifs is 1. The van der Waals surface area contributed by atoms with Crippen LogP contribution < -0.4 is 20.3 Å². The van der Waals surface area contributed by atoms with Crippen molar-refractivity contribution in [1.29, 1.82) is 0 Å². The molecule has 1 amide bonds. The molecule has 5 heteroatoms. The van der Waals surface area contributed by atoms with E-state index in [1.54, 1.807) is 18.2 Å². The first-order valence-corrected chi connectivity index (χ1v) is 6.06. The zero-order valence-corrected chi connectivity index (χ0v) is 10.5. The molecule has 1 heterocycles. The van der Waals surface area contributed by atoms with E-state index in [-0.39, 0.29) is 12.7 Å². The van der Waals surface area contributed by atoms with Crippen LogP contribution >= 0.6 is 0 Å². The van der Waals surface area contributed by atoms with Gasteiger partial charge in [0, 0.05) is 5.56 Å². The van der Waals surface area contributed by atoms with Crippen LogP contribution in [0.2, 0.25) is 0 Å². The fraction of sp³-hybridized carbons (Fsp3) is 0.214. The summed E-state index contributed by atoms with van der Waals surface area (Å²) in [6, 6.07) is 5.11. The van der Waals surface area contributed by atoms with Crippen molar-refractivity contribution >= 4 is 5.91 Å². The van der Waals surface area contributed by atoms with E-state index in [1.807, 2.05) is 19.1 Å². The first kappa shape index (κ1) is 11.6. The molecule has 0 bridgehead atoms. The zero-order valence-electron chi connectivity index (χ0n) is 10.5. The largest absolute Gasteiger partial charge is 0.454 e. The molecule has 1 aromatic carbocycles. The van der Waals surface area contributed by atoms with Crippen molar-refractivity contribution in [3.63, 3.8) is 0 Å². The molecule has 0 unspecified atom stereocenters. The molecule has 5 nitrogen and oxygen atoms in total. The SMILES string of the molecule is CC1=CC(NNC(=O)c2ccc3c(c2)OCO3)=CC1. The maximum atomic E-state index is 12.0. The van der Waals surface area contributed by atoms with Crippen LogP contribution in [0.1, 0.15) is 23.7 Å². The van der Waals surface area contributed by atoms with Gasteiger partial charge in [0.15, 0.2) is 11.5 Å². The summed E-state index contributed by atoms with van der Waals surface area (Å²) in [5.41, 5.74) is 8.24. The normalized spacial score (nSPS) is 15.8.